The molecule has 0 saturated carbocycles. The molecule has 0 bridgehead atoms. The summed E-state index contributed by atoms with van der Waals surface area (Å²) >= 11 is 3.60. The van der Waals surface area contributed by atoms with Crippen molar-refractivity contribution in [2.75, 3.05) is 11.5 Å². The number of aromatic amines is 1. The molecule has 4 N–H and O–H groups in total. The minimum absolute atomic E-state index is 0. The summed E-state index contributed by atoms with van der Waals surface area (Å²) in [6.07, 6.45) is 1.37. The van der Waals surface area contributed by atoms with Gasteiger partial charge < -0.3 is 20.4 Å². The van der Waals surface area contributed by atoms with Gasteiger partial charge in [-0.15, -0.1) is 28.2 Å². The topological polar surface area (TPSA) is 180 Å². The van der Waals surface area contributed by atoms with E-state index in [1.807, 2.05) is 0 Å². The van der Waals surface area contributed by atoms with Crippen LogP contribution in [0.5, 0.6) is 0 Å². The van der Waals surface area contributed by atoms with Gasteiger partial charge in [0.15, 0.2) is 0 Å². The van der Waals surface area contributed by atoms with Gasteiger partial charge in [0, 0.05) is 16.9 Å². The van der Waals surface area contributed by atoms with Crippen molar-refractivity contribution in [2.24, 2.45) is 0 Å². The molecule has 1 fully saturated rings. The summed E-state index contributed by atoms with van der Waals surface area (Å²) in [5.41, 5.74) is 0.588. The van der Waals surface area contributed by atoms with Gasteiger partial charge in [-0.2, -0.15) is 4.73 Å². The van der Waals surface area contributed by atoms with Gasteiger partial charge in [-0.25, -0.2) is 0 Å². The molecule has 2 atom stereocenters. The molecule has 1 saturated heterocycles. The third-order valence-electron chi connectivity index (χ3n) is 4.46. The van der Waals surface area contributed by atoms with Crippen molar-refractivity contribution >= 4 is 52.6 Å². The standard InChI is InChI=1S/C15H15N7O5S3.Na/c16-15-22(27)7(5-30-15)1-8(23)18-10-12(24)21-11(14(25)26)6(4-29-13(10)21)3-28-9-2-17-20-19-9;/h2,5,10,13,16,27H,1,3-4H2,(H,18,23)(H,25,26)(H,17,19,20);/q;+1/p-1/t10?,13-;/m0./s1. The van der Waals surface area contributed by atoms with Gasteiger partial charge in [-0.3, -0.25) is 25.0 Å². The maximum atomic E-state index is 12.6. The number of aromatic nitrogens is 4. The van der Waals surface area contributed by atoms with Gasteiger partial charge in [0.1, 0.15) is 16.4 Å². The van der Waals surface area contributed by atoms with Crippen LogP contribution < -0.4 is 44.8 Å². The van der Waals surface area contributed by atoms with E-state index in [1.165, 1.54) is 28.9 Å². The molecule has 0 radical (unpaired) electrons. The van der Waals surface area contributed by atoms with Crippen LogP contribution in [0.4, 0.5) is 0 Å². The number of fused-ring (bicyclic) bond motifs is 1. The van der Waals surface area contributed by atoms with Gasteiger partial charge in [0.05, 0.1) is 30.0 Å². The zero-order valence-corrected chi connectivity index (χ0v) is 20.5. The molecule has 0 spiro atoms. The van der Waals surface area contributed by atoms with Crippen LogP contribution >= 0.6 is 34.9 Å². The van der Waals surface area contributed by atoms with E-state index in [0.29, 0.717) is 26.8 Å². The molecule has 12 nitrogen and oxygen atoms in total. The molecule has 2 aromatic heterocycles. The number of carbonyl (C=O) groups is 3. The Balaban J connectivity index is 0.00000272. The fourth-order valence-corrected chi connectivity index (χ4v) is 5.98. The average molecular weight is 492 g/mol. The number of amides is 2. The first kappa shape index (κ1) is 23.9. The van der Waals surface area contributed by atoms with E-state index in [4.69, 9.17) is 5.41 Å². The zero-order chi connectivity index (χ0) is 21.4. The van der Waals surface area contributed by atoms with Gasteiger partial charge in [0.25, 0.3) is 5.91 Å². The fourth-order valence-electron chi connectivity index (χ4n) is 3.07. The quantitative estimate of drug-likeness (QED) is 0.128. The number of hydrogen-bond donors (Lipinski definition) is 4. The number of carboxylic acid groups (broad SMARTS) is 1. The predicted molar refractivity (Wildman–Crippen MR) is 103 cm³/mol. The summed E-state index contributed by atoms with van der Waals surface area (Å²) in [6.45, 7) is 0. The second-order valence-electron chi connectivity index (χ2n) is 6.32. The van der Waals surface area contributed by atoms with Crippen LogP contribution in [-0.4, -0.2) is 71.0 Å². The van der Waals surface area contributed by atoms with Crippen LogP contribution in [0.2, 0.25) is 0 Å². The van der Waals surface area contributed by atoms with Crippen molar-refractivity contribution in [3.8, 4) is 0 Å². The summed E-state index contributed by atoms with van der Waals surface area (Å²) in [5, 5.41) is 42.9. The number of thiazole rings is 1. The molecule has 0 aromatic carbocycles. The van der Waals surface area contributed by atoms with Crippen LogP contribution in [-0.2, 0) is 20.8 Å². The second-order valence-corrected chi connectivity index (χ2v) is 9.27. The Bertz CT molecular complexity index is 1100. The first-order valence-electron chi connectivity index (χ1n) is 8.46. The number of β-lactam (4-membered cyclic amide) rings is 1. The molecule has 2 aliphatic heterocycles. The Morgan fingerprint density at radius 2 is 2.26 bits per heavy atom. The normalized spacial score (nSPS) is 20.0. The number of carbonyl (C=O) groups excluding carboxylic acids is 3. The SMILES string of the molecule is N=c1scc(CC(=O)NC2C(=O)N3C(C(=O)[O-])=C(CSc4c[nH]nn4)CS[C@@H]23)n1O.[Na+]. The monoisotopic (exact) mass is 491 g/mol. The minimum Gasteiger partial charge on any atom is -0.543 e. The summed E-state index contributed by atoms with van der Waals surface area (Å²) in [5.74, 6) is -1.83. The van der Waals surface area contributed by atoms with E-state index >= 15 is 0 Å². The van der Waals surface area contributed by atoms with Crippen LogP contribution in [0.3, 0.4) is 0 Å². The maximum Gasteiger partial charge on any atom is 1.00 e. The van der Waals surface area contributed by atoms with Crippen molar-refractivity contribution in [1.29, 1.82) is 5.41 Å². The molecule has 16 heteroatoms. The van der Waals surface area contributed by atoms with Gasteiger partial charge in [0.2, 0.25) is 10.7 Å². The average Bonchev–Trinajstić information content (AvgIpc) is 3.35. The Labute approximate surface area is 209 Å². The van der Waals surface area contributed by atoms with E-state index in [0.717, 1.165) is 16.2 Å². The molecule has 2 amide bonds. The van der Waals surface area contributed by atoms with E-state index in [9.17, 15) is 24.7 Å². The molecule has 31 heavy (non-hydrogen) atoms. The minimum atomic E-state index is -1.45. The summed E-state index contributed by atoms with van der Waals surface area (Å²) in [4.78, 5) is 37.6. The molecule has 2 aromatic rings. The number of aliphatic carboxylic acids is 1. The molecule has 2 aliphatic rings. The van der Waals surface area contributed by atoms with Crippen molar-refractivity contribution in [3.63, 3.8) is 0 Å². The molecular weight excluding hydrogens is 477 g/mol. The van der Waals surface area contributed by atoms with Crippen molar-refractivity contribution in [2.45, 2.75) is 22.9 Å². The molecule has 0 aliphatic carbocycles. The van der Waals surface area contributed by atoms with E-state index in [-0.39, 0.29) is 52.2 Å². The fraction of sp³-hybridized carbons (Fsp3) is 0.333. The molecular formula is C15H14N7NaO5S3. The number of H-pyrrole nitrogens is 1. The first-order chi connectivity index (χ1) is 14.4. The van der Waals surface area contributed by atoms with Crippen LogP contribution in [0, 0.1) is 5.41 Å². The number of rotatable bonds is 7. The van der Waals surface area contributed by atoms with Crippen LogP contribution in [0.25, 0.3) is 0 Å². The molecule has 1 unspecified atom stereocenters. The van der Waals surface area contributed by atoms with Crippen LogP contribution in [0.15, 0.2) is 27.9 Å². The van der Waals surface area contributed by atoms with E-state index in [1.54, 1.807) is 6.20 Å². The summed E-state index contributed by atoms with van der Waals surface area (Å²) in [6, 6.07) is -0.872. The van der Waals surface area contributed by atoms with E-state index < -0.39 is 29.2 Å². The van der Waals surface area contributed by atoms with Crippen molar-refractivity contribution < 1.29 is 54.3 Å². The maximum absolute atomic E-state index is 12.6. The number of carboxylic acids is 1. The Hall–Kier alpha value is -1.78. The third kappa shape index (κ3) is 4.70. The molecule has 4 rings (SSSR count). The number of hydrogen-bond acceptors (Lipinski definition) is 11. The second kappa shape index (κ2) is 9.79. The zero-order valence-electron chi connectivity index (χ0n) is 16.0. The van der Waals surface area contributed by atoms with E-state index in [2.05, 4.69) is 20.7 Å². The van der Waals surface area contributed by atoms with Gasteiger partial charge in [-0.1, -0.05) is 17.0 Å². The smallest absolute Gasteiger partial charge is 0.543 e. The Morgan fingerprint density at radius 1 is 1.48 bits per heavy atom. The number of nitrogens with one attached hydrogen (secondary N) is 3. The summed E-state index contributed by atoms with van der Waals surface area (Å²) < 4.78 is 0.601. The molecule has 4 heterocycles. The first-order valence-corrected chi connectivity index (χ1v) is 11.4. The Kier molecular flexibility index (Phi) is 7.54. The third-order valence-corrected chi connectivity index (χ3v) is 7.57. The Morgan fingerprint density at radius 3 is 2.87 bits per heavy atom. The van der Waals surface area contributed by atoms with Gasteiger partial charge >= 0.3 is 29.6 Å². The number of nitrogens with zero attached hydrogens (tertiary/aromatic N) is 4. The molecule has 158 valence electrons. The van der Waals surface area contributed by atoms with Crippen molar-refractivity contribution in [3.05, 3.63) is 33.3 Å². The van der Waals surface area contributed by atoms with Crippen molar-refractivity contribution in [1.82, 2.24) is 30.4 Å². The van der Waals surface area contributed by atoms with Crippen LogP contribution in [0.1, 0.15) is 5.69 Å². The predicted octanol–water partition coefficient (Wildman–Crippen LogP) is -4.87. The summed E-state index contributed by atoms with van der Waals surface area (Å²) in [7, 11) is 0. The van der Waals surface area contributed by atoms with Gasteiger partial charge in [-0.05, 0) is 5.57 Å². The largest absolute Gasteiger partial charge is 1.00 e. The number of thioether (sulfide) groups is 2.